The van der Waals surface area contributed by atoms with Gasteiger partial charge in [0.1, 0.15) is 0 Å². The van der Waals surface area contributed by atoms with Gasteiger partial charge in [0.15, 0.2) is 0 Å². The van der Waals surface area contributed by atoms with Gasteiger partial charge in [0.05, 0.1) is 6.04 Å². The minimum atomic E-state index is 0.195. The summed E-state index contributed by atoms with van der Waals surface area (Å²) >= 11 is 0. The quantitative estimate of drug-likeness (QED) is 0.826. The van der Waals surface area contributed by atoms with Crippen LogP contribution in [-0.4, -0.2) is 11.5 Å². The highest BCUT2D eigenvalue weighted by Crippen LogP contribution is 2.36. The molecular formula is C16H18N2. The SMILES string of the molecule is CC1(C)CN[C@@H](c2ccncc2)c2ccccc21. The summed E-state index contributed by atoms with van der Waals surface area (Å²) < 4.78 is 0. The van der Waals surface area contributed by atoms with Crippen LogP contribution in [0.2, 0.25) is 0 Å². The zero-order valence-corrected chi connectivity index (χ0v) is 10.9. The Hall–Kier alpha value is -1.67. The Morgan fingerprint density at radius 1 is 1.11 bits per heavy atom. The van der Waals surface area contributed by atoms with Crippen LogP contribution in [-0.2, 0) is 5.41 Å². The molecule has 92 valence electrons. The van der Waals surface area contributed by atoms with Crippen molar-refractivity contribution in [3.63, 3.8) is 0 Å². The Morgan fingerprint density at radius 2 is 1.83 bits per heavy atom. The maximum Gasteiger partial charge on any atom is 0.0581 e. The largest absolute Gasteiger partial charge is 0.305 e. The highest BCUT2D eigenvalue weighted by atomic mass is 14.9. The first-order valence-electron chi connectivity index (χ1n) is 6.41. The first kappa shape index (κ1) is 11.4. The number of nitrogens with zero attached hydrogens (tertiary/aromatic N) is 1. The van der Waals surface area contributed by atoms with Gasteiger partial charge >= 0.3 is 0 Å². The van der Waals surface area contributed by atoms with Crippen molar-refractivity contribution in [3.05, 3.63) is 65.5 Å². The number of fused-ring (bicyclic) bond motifs is 1. The molecule has 0 unspecified atom stereocenters. The van der Waals surface area contributed by atoms with Crippen molar-refractivity contribution in [2.45, 2.75) is 25.3 Å². The minimum absolute atomic E-state index is 0.195. The molecule has 0 saturated carbocycles. The molecule has 2 nitrogen and oxygen atoms in total. The van der Waals surface area contributed by atoms with E-state index in [0.717, 1.165) is 6.54 Å². The summed E-state index contributed by atoms with van der Waals surface area (Å²) in [6.07, 6.45) is 3.72. The Morgan fingerprint density at radius 3 is 2.61 bits per heavy atom. The van der Waals surface area contributed by atoms with Gasteiger partial charge in [0.25, 0.3) is 0 Å². The van der Waals surface area contributed by atoms with Crippen LogP contribution >= 0.6 is 0 Å². The van der Waals surface area contributed by atoms with Gasteiger partial charge in [-0.15, -0.1) is 0 Å². The Bertz CT molecular complexity index is 546. The second-order valence-electron chi connectivity index (χ2n) is 5.57. The molecule has 0 bridgehead atoms. The van der Waals surface area contributed by atoms with Crippen LogP contribution in [0.25, 0.3) is 0 Å². The molecular weight excluding hydrogens is 220 g/mol. The lowest BCUT2D eigenvalue weighted by Gasteiger charge is -2.38. The molecule has 0 saturated heterocycles. The number of aromatic nitrogens is 1. The Kier molecular flexibility index (Phi) is 2.67. The van der Waals surface area contributed by atoms with E-state index < -0.39 is 0 Å². The number of pyridine rings is 1. The van der Waals surface area contributed by atoms with E-state index in [1.165, 1.54) is 16.7 Å². The minimum Gasteiger partial charge on any atom is -0.305 e. The fourth-order valence-corrected chi connectivity index (χ4v) is 2.78. The lowest BCUT2D eigenvalue weighted by Crippen LogP contribution is -2.42. The summed E-state index contributed by atoms with van der Waals surface area (Å²) in [5.41, 5.74) is 4.32. The van der Waals surface area contributed by atoms with E-state index in [0.29, 0.717) is 0 Å². The fourth-order valence-electron chi connectivity index (χ4n) is 2.78. The maximum absolute atomic E-state index is 4.10. The van der Waals surface area contributed by atoms with Gasteiger partial charge in [-0.05, 0) is 28.8 Å². The number of benzene rings is 1. The third-order valence-electron chi connectivity index (χ3n) is 3.79. The number of rotatable bonds is 1. The molecule has 2 aromatic rings. The van der Waals surface area contributed by atoms with Crippen molar-refractivity contribution >= 4 is 0 Å². The molecule has 0 amide bonds. The average Bonchev–Trinajstić information content (AvgIpc) is 2.40. The molecule has 18 heavy (non-hydrogen) atoms. The molecule has 3 rings (SSSR count). The fraction of sp³-hybridized carbons (Fsp3) is 0.312. The molecule has 1 atom stereocenters. The first-order chi connectivity index (χ1) is 8.68. The van der Waals surface area contributed by atoms with Crippen LogP contribution in [0, 0.1) is 0 Å². The number of nitrogens with one attached hydrogen (secondary N) is 1. The number of hydrogen-bond donors (Lipinski definition) is 1. The molecule has 1 aliphatic heterocycles. The van der Waals surface area contributed by atoms with Crippen LogP contribution in [0.15, 0.2) is 48.8 Å². The van der Waals surface area contributed by atoms with E-state index in [4.69, 9.17) is 0 Å². The third-order valence-corrected chi connectivity index (χ3v) is 3.79. The van der Waals surface area contributed by atoms with E-state index in [2.05, 4.69) is 60.5 Å². The summed E-state index contributed by atoms with van der Waals surface area (Å²) in [6.45, 7) is 5.58. The molecule has 0 fully saturated rings. The highest BCUT2D eigenvalue weighted by molar-refractivity contribution is 5.43. The van der Waals surface area contributed by atoms with Crippen LogP contribution in [0.3, 0.4) is 0 Å². The van der Waals surface area contributed by atoms with E-state index >= 15 is 0 Å². The summed E-state index contributed by atoms with van der Waals surface area (Å²) in [5.74, 6) is 0. The van der Waals surface area contributed by atoms with Crippen LogP contribution < -0.4 is 5.32 Å². The zero-order valence-electron chi connectivity index (χ0n) is 10.9. The molecule has 1 aromatic carbocycles. The lowest BCUT2D eigenvalue weighted by atomic mass is 9.75. The molecule has 0 radical (unpaired) electrons. The molecule has 2 heteroatoms. The topological polar surface area (TPSA) is 24.9 Å². The molecule has 1 N–H and O–H groups in total. The third kappa shape index (κ3) is 1.83. The van der Waals surface area contributed by atoms with E-state index in [-0.39, 0.29) is 11.5 Å². The van der Waals surface area contributed by atoms with Gasteiger partial charge in [0, 0.05) is 24.4 Å². The summed E-state index contributed by atoms with van der Waals surface area (Å²) in [7, 11) is 0. The zero-order chi connectivity index (χ0) is 12.6. The van der Waals surface area contributed by atoms with Crippen molar-refractivity contribution in [3.8, 4) is 0 Å². The standard InChI is InChI=1S/C16H18N2/c1-16(2)11-18-15(12-7-9-17-10-8-12)13-5-3-4-6-14(13)16/h3-10,15,18H,11H2,1-2H3/t15-/m0/s1. The smallest absolute Gasteiger partial charge is 0.0581 e. The van der Waals surface area contributed by atoms with Crippen molar-refractivity contribution < 1.29 is 0 Å². The van der Waals surface area contributed by atoms with Crippen molar-refractivity contribution in [1.82, 2.24) is 10.3 Å². The molecule has 1 aromatic heterocycles. The van der Waals surface area contributed by atoms with E-state index in [1.54, 1.807) is 0 Å². The Balaban J connectivity index is 2.11. The summed E-state index contributed by atoms with van der Waals surface area (Å²) in [5, 5.41) is 3.65. The summed E-state index contributed by atoms with van der Waals surface area (Å²) in [4.78, 5) is 4.10. The van der Waals surface area contributed by atoms with E-state index in [9.17, 15) is 0 Å². The lowest BCUT2D eigenvalue weighted by molar-refractivity contribution is 0.407. The second-order valence-corrected chi connectivity index (χ2v) is 5.57. The summed E-state index contributed by atoms with van der Waals surface area (Å²) in [6, 6.07) is 13.2. The van der Waals surface area contributed by atoms with Crippen LogP contribution in [0.5, 0.6) is 0 Å². The van der Waals surface area contributed by atoms with Gasteiger partial charge in [-0.2, -0.15) is 0 Å². The Labute approximate surface area is 108 Å². The van der Waals surface area contributed by atoms with Crippen molar-refractivity contribution in [2.75, 3.05) is 6.54 Å². The predicted molar refractivity (Wildman–Crippen MR) is 73.6 cm³/mol. The number of hydrogen-bond acceptors (Lipinski definition) is 2. The molecule has 2 heterocycles. The predicted octanol–water partition coefficient (Wildman–Crippen LogP) is 3.05. The molecule has 0 spiro atoms. The van der Waals surface area contributed by atoms with Crippen molar-refractivity contribution in [1.29, 1.82) is 0 Å². The van der Waals surface area contributed by atoms with E-state index in [1.807, 2.05) is 12.4 Å². The normalized spacial score (nSPS) is 21.3. The average molecular weight is 238 g/mol. The highest BCUT2D eigenvalue weighted by Gasteiger charge is 2.32. The van der Waals surface area contributed by atoms with Gasteiger partial charge in [0.2, 0.25) is 0 Å². The maximum atomic E-state index is 4.10. The van der Waals surface area contributed by atoms with Crippen LogP contribution in [0.4, 0.5) is 0 Å². The first-order valence-corrected chi connectivity index (χ1v) is 6.41. The van der Waals surface area contributed by atoms with Gasteiger partial charge in [-0.1, -0.05) is 38.1 Å². The molecule has 1 aliphatic rings. The monoisotopic (exact) mass is 238 g/mol. The van der Waals surface area contributed by atoms with Crippen molar-refractivity contribution in [2.24, 2.45) is 0 Å². The van der Waals surface area contributed by atoms with Gasteiger partial charge in [-0.3, -0.25) is 4.98 Å². The molecule has 0 aliphatic carbocycles. The van der Waals surface area contributed by atoms with Gasteiger partial charge < -0.3 is 5.32 Å². The van der Waals surface area contributed by atoms with Gasteiger partial charge in [-0.25, -0.2) is 0 Å². The second kappa shape index (κ2) is 4.21. The van der Waals surface area contributed by atoms with Crippen LogP contribution in [0.1, 0.15) is 36.6 Å².